The molecule has 0 bridgehead atoms. The van der Waals surface area contributed by atoms with Gasteiger partial charge in [0.25, 0.3) is 0 Å². The molecule has 1 saturated heterocycles. The van der Waals surface area contributed by atoms with E-state index in [0.717, 1.165) is 35.1 Å². The van der Waals surface area contributed by atoms with Crippen molar-refractivity contribution in [1.29, 1.82) is 0 Å². The van der Waals surface area contributed by atoms with Crippen LogP contribution in [0.1, 0.15) is 89.0 Å². The summed E-state index contributed by atoms with van der Waals surface area (Å²) in [6, 6.07) is 0. The maximum absolute atomic E-state index is 10.7. The van der Waals surface area contributed by atoms with Crippen LogP contribution in [0.2, 0.25) is 0 Å². The van der Waals surface area contributed by atoms with Gasteiger partial charge < -0.3 is 35.0 Å². The molecule has 7 nitrogen and oxygen atoms in total. The predicted molar refractivity (Wildman–Crippen MR) is 219 cm³/mol. The summed E-state index contributed by atoms with van der Waals surface area (Å²) in [5.41, 5.74) is 6.72. The molecule has 1 aliphatic carbocycles. The Morgan fingerprint density at radius 1 is 0.717 bits per heavy atom. The highest BCUT2D eigenvalue weighted by Crippen LogP contribution is 2.41. The first-order chi connectivity index (χ1) is 24.7. The molecule has 2 rings (SSSR count). The first-order valence-electron chi connectivity index (χ1n) is 18.6. The topological polar surface area (TPSA) is 120 Å². The molecule has 1 fully saturated rings. The van der Waals surface area contributed by atoms with Gasteiger partial charge in [0.1, 0.15) is 24.4 Å². The molecule has 53 heavy (non-hydrogen) atoms. The standard InChI is InChI=1S/C46H66O7/c1-31(17-12-13-18-32(2)20-15-23-34(4)25-27-39-36(6)29-38(47)30-45(39,8)9)19-14-21-33(3)22-16-24-35(5)26-28-40(46(10,11)51)53-44-43(50)42(49)41(48)37(7)52-44/h12-28,37-38,40-44,47-51H,29-30H2,1-11H3/b13-12+,19-14+,20-15+,22-16+,27-25+,28-26+,31-17+,32-18+,33-21+,34-23+,35-24+/t37-,38+,40-,41-,42+,43-,44-/m0/s1. The lowest BCUT2D eigenvalue weighted by Crippen LogP contribution is -2.58. The van der Waals surface area contributed by atoms with E-state index in [9.17, 15) is 25.5 Å². The van der Waals surface area contributed by atoms with Crippen molar-refractivity contribution in [2.75, 3.05) is 0 Å². The van der Waals surface area contributed by atoms with E-state index in [1.807, 2.05) is 62.5 Å². The van der Waals surface area contributed by atoms with Gasteiger partial charge in [0.05, 0.1) is 17.8 Å². The minimum Gasteiger partial charge on any atom is -0.393 e. The van der Waals surface area contributed by atoms with Crippen molar-refractivity contribution in [2.24, 2.45) is 5.41 Å². The number of rotatable bonds is 15. The molecule has 2 aliphatic rings. The number of hydrogen-bond acceptors (Lipinski definition) is 7. The SMILES string of the molecule is CC1=C(/C=C/C(C)=C/C=C/C(C)=C/C=C/C=C(C)/C=C/C=C(C)/C=C/C=C(C)/C=C/[C@H](O[C@@H]2O[C@@H](C)[C@H](O)[C@@H](O)[C@@H]2O)C(C)(C)O)C(C)(C)C[C@H](O)C1. The highest BCUT2D eigenvalue weighted by molar-refractivity contribution is 5.38. The summed E-state index contributed by atoms with van der Waals surface area (Å²) in [5.74, 6) is 0. The average molecular weight is 731 g/mol. The summed E-state index contributed by atoms with van der Waals surface area (Å²) < 4.78 is 11.4. The third kappa shape index (κ3) is 16.2. The summed E-state index contributed by atoms with van der Waals surface area (Å²) in [7, 11) is 0. The summed E-state index contributed by atoms with van der Waals surface area (Å²) in [5, 5.41) is 51.2. The Bertz CT molecular complexity index is 1580. The summed E-state index contributed by atoms with van der Waals surface area (Å²) in [6.45, 7) is 21.5. The van der Waals surface area contributed by atoms with Crippen molar-refractivity contribution in [3.63, 3.8) is 0 Å². The Kier molecular flexibility index (Phi) is 18.5. The predicted octanol–water partition coefficient (Wildman–Crippen LogP) is 8.54. The minimum absolute atomic E-state index is 0.0186. The van der Waals surface area contributed by atoms with Crippen LogP contribution in [0.25, 0.3) is 0 Å². The molecule has 0 spiro atoms. The molecule has 7 atom stereocenters. The zero-order valence-electron chi connectivity index (χ0n) is 33.8. The van der Waals surface area contributed by atoms with Crippen LogP contribution in [0.4, 0.5) is 0 Å². The minimum atomic E-state index is -1.45. The van der Waals surface area contributed by atoms with Gasteiger partial charge in [-0.3, -0.25) is 0 Å². The third-order valence-corrected chi connectivity index (χ3v) is 9.29. The van der Waals surface area contributed by atoms with Crippen LogP contribution in [-0.4, -0.2) is 74.0 Å². The monoisotopic (exact) mass is 730 g/mol. The number of ether oxygens (including phenoxy) is 2. The molecule has 0 aromatic carbocycles. The summed E-state index contributed by atoms with van der Waals surface area (Å²) in [4.78, 5) is 0. The van der Waals surface area contributed by atoms with E-state index in [2.05, 4.69) is 90.2 Å². The number of allylic oxidation sites excluding steroid dienone is 22. The van der Waals surface area contributed by atoms with Crippen LogP contribution in [0.3, 0.4) is 0 Å². The van der Waals surface area contributed by atoms with E-state index in [1.165, 1.54) is 16.7 Å². The first kappa shape index (κ1) is 45.8. The molecule has 0 aromatic rings. The fraction of sp³-hybridized carbons (Fsp3) is 0.478. The second kappa shape index (κ2) is 21.5. The fourth-order valence-corrected chi connectivity index (χ4v) is 6.10. The third-order valence-electron chi connectivity index (χ3n) is 9.29. The maximum Gasteiger partial charge on any atom is 0.187 e. The van der Waals surface area contributed by atoms with Crippen LogP contribution in [-0.2, 0) is 9.47 Å². The number of aliphatic hydroxyl groups excluding tert-OH is 4. The van der Waals surface area contributed by atoms with Gasteiger partial charge in [-0.1, -0.05) is 151 Å². The van der Waals surface area contributed by atoms with Gasteiger partial charge in [-0.05, 0) is 86.1 Å². The maximum atomic E-state index is 10.7. The molecule has 0 unspecified atom stereocenters. The number of hydrogen-bond donors (Lipinski definition) is 5. The van der Waals surface area contributed by atoms with Crippen molar-refractivity contribution >= 4 is 0 Å². The van der Waals surface area contributed by atoms with Gasteiger partial charge in [0, 0.05) is 0 Å². The Morgan fingerprint density at radius 3 is 1.64 bits per heavy atom. The molecular formula is C46H66O7. The van der Waals surface area contributed by atoms with Crippen molar-refractivity contribution in [3.8, 4) is 0 Å². The number of aliphatic hydroxyl groups is 5. The van der Waals surface area contributed by atoms with E-state index in [1.54, 1.807) is 26.8 Å². The zero-order valence-corrected chi connectivity index (χ0v) is 33.8. The summed E-state index contributed by atoms with van der Waals surface area (Å²) in [6.07, 6.45) is 28.8. The quantitative estimate of drug-likeness (QED) is 0.107. The lowest BCUT2D eigenvalue weighted by molar-refractivity contribution is -0.309. The molecule has 0 radical (unpaired) electrons. The molecule has 0 amide bonds. The van der Waals surface area contributed by atoms with Crippen LogP contribution in [0.15, 0.2) is 142 Å². The smallest absolute Gasteiger partial charge is 0.187 e. The van der Waals surface area contributed by atoms with Crippen molar-refractivity contribution in [3.05, 3.63) is 142 Å². The second-order valence-electron chi connectivity index (χ2n) is 15.7. The Balaban J connectivity index is 1.90. The molecule has 0 aromatic heterocycles. The molecule has 5 N–H and O–H groups in total. The lowest BCUT2D eigenvalue weighted by Gasteiger charge is -2.41. The highest BCUT2D eigenvalue weighted by atomic mass is 16.7. The molecule has 292 valence electrons. The van der Waals surface area contributed by atoms with E-state index < -0.39 is 42.4 Å². The van der Waals surface area contributed by atoms with E-state index >= 15 is 0 Å². The van der Waals surface area contributed by atoms with Gasteiger partial charge in [0.15, 0.2) is 6.29 Å². The van der Waals surface area contributed by atoms with E-state index in [-0.39, 0.29) is 11.5 Å². The first-order valence-corrected chi connectivity index (χ1v) is 18.6. The molecule has 7 heteroatoms. The van der Waals surface area contributed by atoms with E-state index in [0.29, 0.717) is 0 Å². The van der Waals surface area contributed by atoms with Gasteiger partial charge in [-0.25, -0.2) is 0 Å². The second-order valence-corrected chi connectivity index (χ2v) is 15.7. The molecule has 0 saturated carbocycles. The van der Waals surface area contributed by atoms with Gasteiger partial charge >= 0.3 is 0 Å². The van der Waals surface area contributed by atoms with Crippen molar-refractivity contribution in [2.45, 2.75) is 138 Å². The normalized spacial score (nSPS) is 28.3. The fourth-order valence-electron chi connectivity index (χ4n) is 6.10. The van der Waals surface area contributed by atoms with Crippen LogP contribution in [0, 0.1) is 5.41 Å². The van der Waals surface area contributed by atoms with Gasteiger partial charge in [-0.2, -0.15) is 0 Å². The Labute approximate surface area is 319 Å². The Morgan fingerprint density at radius 2 is 1.17 bits per heavy atom. The highest BCUT2D eigenvalue weighted by Gasteiger charge is 2.44. The van der Waals surface area contributed by atoms with Crippen LogP contribution in [0.5, 0.6) is 0 Å². The van der Waals surface area contributed by atoms with Crippen molar-refractivity contribution < 1.29 is 35.0 Å². The van der Waals surface area contributed by atoms with Gasteiger partial charge in [0.2, 0.25) is 0 Å². The van der Waals surface area contributed by atoms with Crippen LogP contribution < -0.4 is 0 Å². The van der Waals surface area contributed by atoms with E-state index in [4.69, 9.17) is 9.47 Å². The molecule has 1 heterocycles. The zero-order chi connectivity index (χ0) is 39.9. The van der Waals surface area contributed by atoms with Crippen LogP contribution >= 0.6 is 0 Å². The largest absolute Gasteiger partial charge is 0.393 e. The molecule has 1 aliphatic heterocycles. The van der Waals surface area contributed by atoms with Crippen molar-refractivity contribution in [1.82, 2.24) is 0 Å². The molecular weight excluding hydrogens is 664 g/mol. The average Bonchev–Trinajstić information content (AvgIpc) is 3.04. The summed E-state index contributed by atoms with van der Waals surface area (Å²) >= 11 is 0. The lowest BCUT2D eigenvalue weighted by atomic mass is 9.71. The van der Waals surface area contributed by atoms with Gasteiger partial charge in [-0.15, -0.1) is 0 Å². The Hall–Kier alpha value is -3.40.